The molecule has 0 unspecified atom stereocenters. The van der Waals surface area contributed by atoms with Crippen LogP contribution < -0.4 is 10.2 Å². The molecule has 0 bridgehead atoms. The minimum absolute atomic E-state index is 0.0561. The van der Waals surface area contributed by atoms with Gasteiger partial charge in [-0.15, -0.1) is 5.10 Å². The molecule has 178 valence electrons. The lowest BCUT2D eigenvalue weighted by Gasteiger charge is -2.45. The van der Waals surface area contributed by atoms with Crippen LogP contribution in [0, 0.1) is 18.8 Å². The van der Waals surface area contributed by atoms with Crippen LogP contribution in [-0.2, 0) is 14.3 Å². The largest absolute Gasteiger partial charge is 0.490 e. The van der Waals surface area contributed by atoms with E-state index in [1.54, 1.807) is 0 Å². The van der Waals surface area contributed by atoms with Gasteiger partial charge in [0.25, 0.3) is 0 Å². The smallest absolute Gasteiger partial charge is 0.475 e. The summed E-state index contributed by atoms with van der Waals surface area (Å²) in [5, 5.41) is 18.9. The van der Waals surface area contributed by atoms with E-state index in [-0.39, 0.29) is 23.8 Å². The van der Waals surface area contributed by atoms with Gasteiger partial charge in [-0.2, -0.15) is 18.3 Å². The van der Waals surface area contributed by atoms with Crippen molar-refractivity contribution in [3.8, 4) is 0 Å². The fourth-order valence-corrected chi connectivity index (χ4v) is 4.59. The van der Waals surface area contributed by atoms with Gasteiger partial charge in [-0.3, -0.25) is 4.79 Å². The Morgan fingerprint density at radius 2 is 1.84 bits per heavy atom. The zero-order valence-electron chi connectivity index (χ0n) is 18.0. The Labute approximate surface area is 184 Å². The molecule has 3 aliphatic rings. The summed E-state index contributed by atoms with van der Waals surface area (Å²) in [6.07, 6.45) is 1.64. The predicted molar refractivity (Wildman–Crippen MR) is 109 cm³/mol. The third-order valence-corrected chi connectivity index (χ3v) is 6.26. The summed E-state index contributed by atoms with van der Waals surface area (Å²) in [7, 11) is 0. The second kappa shape index (κ2) is 10.5. The molecule has 2 N–H and O–H groups in total. The van der Waals surface area contributed by atoms with Crippen molar-refractivity contribution in [2.45, 2.75) is 63.8 Å². The first-order chi connectivity index (χ1) is 15.1. The maximum atomic E-state index is 12.9. The van der Waals surface area contributed by atoms with Gasteiger partial charge in [0.1, 0.15) is 0 Å². The fourth-order valence-electron chi connectivity index (χ4n) is 4.59. The maximum Gasteiger partial charge on any atom is 0.490 e. The first kappa shape index (κ1) is 24.2. The topological polar surface area (TPSA) is 105 Å². The van der Waals surface area contributed by atoms with Crippen LogP contribution >= 0.6 is 0 Å². The van der Waals surface area contributed by atoms with Gasteiger partial charge in [-0.1, -0.05) is 12.8 Å². The molecule has 0 aromatic carbocycles. The Morgan fingerprint density at radius 3 is 2.44 bits per heavy atom. The molecule has 1 aliphatic carbocycles. The molecule has 0 radical (unpaired) electrons. The number of amides is 1. The highest BCUT2D eigenvalue weighted by Gasteiger charge is 2.42. The van der Waals surface area contributed by atoms with Crippen molar-refractivity contribution < 1.29 is 32.6 Å². The van der Waals surface area contributed by atoms with Crippen LogP contribution in [-0.4, -0.2) is 65.2 Å². The Morgan fingerprint density at radius 1 is 1.16 bits per heavy atom. The number of hydrogen-bond acceptors (Lipinski definition) is 6. The van der Waals surface area contributed by atoms with Gasteiger partial charge < -0.3 is 20.1 Å². The third-order valence-electron chi connectivity index (χ3n) is 6.26. The molecule has 3 heterocycles. The summed E-state index contributed by atoms with van der Waals surface area (Å²) < 4.78 is 37.7. The SMILES string of the molecule is Cc1ccc(N2CC[C@@H]3OCC[C@H](C(=O)NC4CCCC4)[C@H]3C2)nn1.O=C(O)C(F)(F)F. The number of carbonyl (C=O) groups excluding carboxylic acids is 1. The molecular formula is C21H29F3N4O4. The van der Waals surface area contributed by atoms with Gasteiger partial charge in [-0.25, -0.2) is 4.79 Å². The Balaban J connectivity index is 0.000000360. The number of aryl methyl sites for hydroxylation is 1. The molecule has 0 spiro atoms. The van der Waals surface area contributed by atoms with Crippen LogP contribution in [0.2, 0.25) is 0 Å². The lowest BCUT2D eigenvalue weighted by Crippen LogP contribution is -2.54. The number of carboxylic acids is 1. The second-order valence-electron chi connectivity index (χ2n) is 8.53. The molecule has 1 saturated carbocycles. The predicted octanol–water partition coefficient (Wildman–Crippen LogP) is 2.71. The number of halogens is 3. The quantitative estimate of drug-likeness (QED) is 0.718. The average molecular weight is 458 g/mol. The third kappa shape index (κ3) is 6.30. The van der Waals surface area contributed by atoms with Crippen molar-refractivity contribution in [3.05, 3.63) is 17.8 Å². The number of alkyl halides is 3. The van der Waals surface area contributed by atoms with Gasteiger partial charge in [0.05, 0.1) is 11.8 Å². The maximum absolute atomic E-state index is 12.9. The zero-order chi connectivity index (χ0) is 23.3. The molecule has 2 aliphatic heterocycles. The number of nitrogens with zero attached hydrogens (tertiary/aromatic N) is 3. The molecule has 2 saturated heterocycles. The minimum Gasteiger partial charge on any atom is -0.475 e. The molecule has 32 heavy (non-hydrogen) atoms. The Kier molecular flexibility index (Phi) is 7.91. The van der Waals surface area contributed by atoms with E-state index >= 15 is 0 Å². The number of nitrogens with one attached hydrogen (secondary N) is 1. The minimum atomic E-state index is -5.08. The average Bonchev–Trinajstić information content (AvgIpc) is 3.26. The summed E-state index contributed by atoms with van der Waals surface area (Å²) in [4.78, 5) is 24.0. The molecule has 4 rings (SSSR count). The van der Waals surface area contributed by atoms with E-state index in [2.05, 4.69) is 20.4 Å². The summed E-state index contributed by atoms with van der Waals surface area (Å²) in [5.74, 6) is -1.31. The van der Waals surface area contributed by atoms with Crippen LogP contribution in [0.1, 0.15) is 44.2 Å². The van der Waals surface area contributed by atoms with Gasteiger partial charge in [0.2, 0.25) is 5.91 Å². The summed E-state index contributed by atoms with van der Waals surface area (Å²) in [5.41, 5.74) is 0.924. The second-order valence-corrected chi connectivity index (χ2v) is 8.53. The monoisotopic (exact) mass is 458 g/mol. The van der Waals surface area contributed by atoms with E-state index in [4.69, 9.17) is 14.6 Å². The Hall–Kier alpha value is -2.43. The van der Waals surface area contributed by atoms with E-state index in [0.29, 0.717) is 12.6 Å². The number of ether oxygens (including phenoxy) is 1. The van der Waals surface area contributed by atoms with Gasteiger partial charge in [-0.05, 0) is 44.7 Å². The molecule has 3 fully saturated rings. The number of carbonyl (C=O) groups is 2. The zero-order valence-corrected chi connectivity index (χ0v) is 18.0. The van der Waals surface area contributed by atoms with Crippen molar-refractivity contribution in [2.24, 2.45) is 11.8 Å². The van der Waals surface area contributed by atoms with E-state index in [1.165, 1.54) is 12.8 Å². The van der Waals surface area contributed by atoms with Crippen molar-refractivity contribution in [2.75, 3.05) is 24.6 Å². The highest BCUT2D eigenvalue weighted by molar-refractivity contribution is 5.79. The summed E-state index contributed by atoms with van der Waals surface area (Å²) in [6, 6.07) is 4.41. The molecule has 3 atom stereocenters. The number of anilines is 1. The van der Waals surface area contributed by atoms with Crippen LogP contribution in [0.3, 0.4) is 0 Å². The Bertz CT molecular complexity index is 784. The fraction of sp³-hybridized carbons (Fsp3) is 0.714. The van der Waals surface area contributed by atoms with E-state index < -0.39 is 12.1 Å². The highest BCUT2D eigenvalue weighted by atomic mass is 19.4. The number of carboxylic acid groups (broad SMARTS) is 1. The van der Waals surface area contributed by atoms with Gasteiger partial charge in [0, 0.05) is 37.6 Å². The first-order valence-electron chi connectivity index (χ1n) is 10.9. The lowest BCUT2D eigenvalue weighted by molar-refractivity contribution is -0.192. The number of hydrogen-bond donors (Lipinski definition) is 2. The van der Waals surface area contributed by atoms with E-state index in [9.17, 15) is 18.0 Å². The lowest BCUT2D eigenvalue weighted by atomic mass is 9.79. The van der Waals surface area contributed by atoms with Crippen LogP contribution in [0.4, 0.5) is 19.0 Å². The number of fused-ring (bicyclic) bond motifs is 1. The van der Waals surface area contributed by atoms with Crippen LogP contribution in [0.25, 0.3) is 0 Å². The summed E-state index contributed by atoms with van der Waals surface area (Å²) >= 11 is 0. The van der Waals surface area contributed by atoms with Crippen LogP contribution in [0.15, 0.2) is 12.1 Å². The van der Waals surface area contributed by atoms with Crippen molar-refractivity contribution in [1.82, 2.24) is 15.5 Å². The first-order valence-corrected chi connectivity index (χ1v) is 10.9. The molecule has 11 heteroatoms. The number of aliphatic carboxylic acids is 1. The molecule has 1 aromatic heterocycles. The van der Waals surface area contributed by atoms with Crippen molar-refractivity contribution in [3.63, 3.8) is 0 Å². The molecule has 1 aromatic rings. The number of piperidine rings is 1. The highest BCUT2D eigenvalue weighted by Crippen LogP contribution is 2.35. The molecule has 1 amide bonds. The number of rotatable bonds is 3. The summed E-state index contributed by atoms with van der Waals surface area (Å²) in [6.45, 7) is 4.39. The van der Waals surface area contributed by atoms with Gasteiger partial charge >= 0.3 is 12.1 Å². The van der Waals surface area contributed by atoms with Crippen molar-refractivity contribution >= 4 is 17.7 Å². The molecule has 8 nitrogen and oxygen atoms in total. The number of aromatic nitrogens is 2. The van der Waals surface area contributed by atoms with Crippen LogP contribution in [0.5, 0.6) is 0 Å². The molecular weight excluding hydrogens is 429 g/mol. The standard InChI is InChI=1S/C19H28N4O2.C2HF3O2/c1-13-6-7-18(22-21-13)23-10-8-17-16(12-23)15(9-11-25-17)19(24)20-14-4-2-3-5-14;3-2(4,5)1(6)7/h6-7,14-17H,2-5,8-12H2,1H3,(H,20,24);(H,6,7)/t15-,16+,17-;/m0./s1. The normalized spacial score (nSPS) is 26.0. The van der Waals surface area contributed by atoms with Gasteiger partial charge in [0.15, 0.2) is 5.82 Å². The van der Waals surface area contributed by atoms with Crippen molar-refractivity contribution in [1.29, 1.82) is 0 Å². The van der Waals surface area contributed by atoms with E-state index in [0.717, 1.165) is 50.3 Å². The van der Waals surface area contributed by atoms with E-state index in [1.807, 2.05) is 19.1 Å².